The molecule has 184 valence electrons. The van der Waals surface area contributed by atoms with Crippen LogP contribution in [-0.4, -0.2) is 45.5 Å². The summed E-state index contributed by atoms with van der Waals surface area (Å²) in [5, 5.41) is 4.21. The number of carbonyl (C=O) groups excluding carboxylic acids is 1. The molecule has 1 amide bonds. The number of amides is 1. The number of ether oxygens (including phenoxy) is 1. The van der Waals surface area contributed by atoms with Gasteiger partial charge in [0.15, 0.2) is 5.69 Å². The highest BCUT2D eigenvalue weighted by Crippen LogP contribution is 2.20. The largest absolute Gasteiger partial charge is 0.383 e. The fraction of sp³-hybridized carbons (Fsp3) is 0.160. The van der Waals surface area contributed by atoms with Crippen LogP contribution in [0.3, 0.4) is 0 Å². The number of nitrogens with two attached hydrogens (primary N) is 1. The number of para-hydroxylation sites is 1. The lowest BCUT2D eigenvalue weighted by molar-refractivity contribution is 0.0969. The Morgan fingerprint density at radius 3 is 2.33 bits per heavy atom. The number of rotatable bonds is 8. The van der Waals surface area contributed by atoms with Crippen LogP contribution in [0.5, 0.6) is 0 Å². The van der Waals surface area contributed by atoms with Crippen LogP contribution in [0.25, 0.3) is 5.69 Å². The van der Waals surface area contributed by atoms with E-state index in [0.717, 1.165) is 15.1 Å². The molecular formula is C25H24N6O5. The summed E-state index contributed by atoms with van der Waals surface area (Å²) in [5.74, 6) is -0.882. The minimum absolute atomic E-state index is 0.0572. The molecule has 11 nitrogen and oxygen atoms in total. The van der Waals surface area contributed by atoms with E-state index < -0.39 is 22.7 Å². The number of nitrogens with one attached hydrogen (secondary N) is 1. The number of aromatic amines is 1. The molecule has 0 spiro atoms. The van der Waals surface area contributed by atoms with Crippen LogP contribution in [0.1, 0.15) is 16.1 Å². The third kappa shape index (κ3) is 5.00. The summed E-state index contributed by atoms with van der Waals surface area (Å²) < 4.78 is 7.40. The Hall–Kier alpha value is -4.77. The van der Waals surface area contributed by atoms with E-state index in [1.54, 1.807) is 42.5 Å². The lowest BCUT2D eigenvalue weighted by Gasteiger charge is -2.24. The molecule has 2 aromatic carbocycles. The first kappa shape index (κ1) is 24.4. The Morgan fingerprint density at radius 2 is 1.67 bits per heavy atom. The SMILES string of the molecule is COCCN(C(=O)c1ccc(=O)n(-c2ccccc2)n1)c1c(N)n(Cc2ccccc2)c(=O)[nH]c1=O. The number of methoxy groups -OCH3 is 1. The average molecular weight is 489 g/mol. The molecule has 0 saturated carbocycles. The Balaban J connectivity index is 1.81. The molecule has 0 aliphatic carbocycles. The van der Waals surface area contributed by atoms with Gasteiger partial charge in [0.1, 0.15) is 11.5 Å². The normalized spacial score (nSPS) is 10.8. The van der Waals surface area contributed by atoms with Crippen molar-refractivity contribution in [2.24, 2.45) is 0 Å². The van der Waals surface area contributed by atoms with Crippen molar-refractivity contribution in [3.63, 3.8) is 0 Å². The molecule has 2 aromatic heterocycles. The fourth-order valence-electron chi connectivity index (χ4n) is 3.68. The number of aromatic nitrogens is 4. The molecule has 0 aliphatic heterocycles. The van der Waals surface area contributed by atoms with E-state index >= 15 is 0 Å². The van der Waals surface area contributed by atoms with E-state index in [4.69, 9.17) is 10.5 Å². The standard InChI is InChI=1S/C25H24N6O5/c1-36-15-14-29(24(34)19-12-13-20(32)31(28-19)18-10-6-3-7-11-18)21-22(26)30(25(35)27-23(21)33)16-17-8-4-2-5-9-17/h2-13H,14-16,26H2,1H3,(H,27,33,35). The van der Waals surface area contributed by atoms with Gasteiger partial charge >= 0.3 is 5.69 Å². The number of hydrogen-bond donors (Lipinski definition) is 2. The van der Waals surface area contributed by atoms with Crippen LogP contribution in [0.2, 0.25) is 0 Å². The van der Waals surface area contributed by atoms with Gasteiger partial charge in [-0.25, -0.2) is 4.79 Å². The minimum atomic E-state index is -0.831. The molecule has 0 aliphatic rings. The van der Waals surface area contributed by atoms with E-state index in [9.17, 15) is 19.2 Å². The quantitative estimate of drug-likeness (QED) is 0.376. The van der Waals surface area contributed by atoms with Crippen LogP contribution in [0, 0.1) is 0 Å². The molecular weight excluding hydrogens is 464 g/mol. The molecule has 4 rings (SSSR count). The summed E-state index contributed by atoms with van der Waals surface area (Å²) in [6.07, 6.45) is 0. The smallest absolute Gasteiger partial charge is 0.330 e. The van der Waals surface area contributed by atoms with Crippen LogP contribution < -0.4 is 27.4 Å². The van der Waals surface area contributed by atoms with E-state index in [2.05, 4.69) is 10.1 Å². The molecule has 2 heterocycles. The van der Waals surface area contributed by atoms with Crippen molar-refractivity contribution in [1.29, 1.82) is 0 Å². The van der Waals surface area contributed by atoms with Crippen LogP contribution in [0.15, 0.2) is 87.2 Å². The van der Waals surface area contributed by atoms with Crippen molar-refractivity contribution in [1.82, 2.24) is 19.3 Å². The Kier molecular flexibility index (Phi) is 7.21. The lowest BCUT2D eigenvalue weighted by Crippen LogP contribution is -2.43. The summed E-state index contributed by atoms with van der Waals surface area (Å²) in [7, 11) is 1.44. The number of carbonyl (C=O) groups is 1. The molecule has 0 unspecified atom stereocenters. The van der Waals surface area contributed by atoms with Crippen LogP contribution >= 0.6 is 0 Å². The Morgan fingerprint density at radius 1 is 1.00 bits per heavy atom. The molecule has 0 bridgehead atoms. The van der Waals surface area contributed by atoms with Gasteiger partial charge in [-0.15, -0.1) is 0 Å². The van der Waals surface area contributed by atoms with Gasteiger partial charge in [0.25, 0.3) is 17.0 Å². The lowest BCUT2D eigenvalue weighted by atomic mass is 10.2. The van der Waals surface area contributed by atoms with Crippen LogP contribution in [-0.2, 0) is 11.3 Å². The second kappa shape index (κ2) is 10.7. The van der Waals surface area contributed by atoms with Crippen molar-refractivity contribution in [2.75, 3.05) is 30.9 Å². The number of nitrogen functional groups attached to an aromatic ring is 1. The van der Waals surface area contributed by atoms with E-state index in [0.29, 0.717) is 5.69 Å². The number of H-pyrrole nitrogens is 1. The highest BCUT2D eigenvalue weighted by atomic mass is 16.5. The predicted molar refractivity (Wildman–Crippen MR) is 135 cm³/mol. The van der Waals surface area contributed by atoms with E-state index in [-0.39, 0.29) is 36.9 Å². The van der Waals surface area contributed by atoms with Crippen LogP contribution in [0.4, 0.5) is 11.5 Å². The molecule has 3 N–H and O–H groups in total. The molecule has 0 fully saturated rings. The van der Waals surface area contributed by atoms with Crippen molar-refractivity contribution >= 4 is 17.4 Å². The fourth-order valence-corrected chi connectivity index (χ4v) is 3.68. The zero-order valence-corrected chi connectivity index (χ0v) is 19.5. The van der Waals surface area contributed by atoms with Gasteiger partial charge in [0, 0.05) is 19.7 Å². The highest BCUT2D eigenvalue weighted by Gasteiger charge is 2.26. The second-order valence-corrected chi connectivity index (χ2v) is 7.82. The number of benzene rings is 2. The zero-order valence-electron chi connectivity index (χ0n) is 19.5. The maximum Gasteiger partial charge on any atom is 0.330 e. The second-order valence-electron chi connectivity index (χ2n) is 7.82. The molecule has 11 heteroatoms. The molecule has 4 aromatic rings. The summed E-state index contributed by atoms with van der Waals surface area (Å²) in [6, 6.07) is 20.2. The van der Waals surface area contributed by atoms with Gasteiger partial charge in [-0.3, -0.25) is 28.8 Å². The van der Waals surface area contributed by atoms with Gasteiger partial charge in [-0.05, 0) is 23.8 Å². The Labute approximate surface area is 205 Å². The predicted octanol–water partition coefficient (Wildman–Crippen LogP) is 1.01. The van der Waals surface area contributed by atoms with E-state index in [1.807, 2.05) is 18.2 Å². The molecule has 36 heavy (non-hydrogen) atoms. The van der Waals surface area contributed by atoms with Gasteiger partial charge < -0.3 is 10.5 Å². The highest BCUT2D eigenvalue weighted by molar-refractivity contribution is 6.05. The molecule has 0 saturated heterocycles. The van der Waals surface area contributed by atoms with Gasteiger partial charge in [-0.1, -0.05) is 48.5 Å². The van der Waals surface area contributed by atoms with Gasteiger partial charge in [-0.2, -0.15) is 9.78 Å². The summed E-state index contributed by atoms with van der Waals surface area (Å²) in [6.45, 7) is 0.0950. The summed E-state index contributed by atoms with van der Waals surface area (Å²) in [5.41, 5.74) is 5.25. The van der Waals surface area contributed by atoms with Crippen molar-refractivity contribution in [2.45, 2.75) is 6.54 Å². The summed E-state index contributed by atoms with van der Waals surface area (Å²) in [4.78, 5) is 54.8. The first-order valence-corrected chi connectivity index (χ1v) is 11.0. The minimum Gasteiger partial charge on any atom is -0.383 e. The zero-order chi connectivity index (χ0) is 25.7. The third-order valence-electron chi connectivity index (χ3n) is 5.45. The van der Waals surface area contributed by atoms with Crippen molar-refractivity contribution in [3.8, 4) is 5.69 Å². The first-order valence-electron chi connectivity index (χ1n) is 11.0. The molecule has 0 atom stereocenters. The van der Waals surface area contributed by atoms with Gasteiger partial charge in [0.05, 0.1) is 18.8 Å². The molecule has 0 radical (unpaired) electrons. The van der Waals surface area contributed by atoms with Gasteiger partial charge in [0.2, 0.25) is 0 Å². The maximum atomic E-state index is 13.6. The number of hydrogen-bond acceptors (Lipinski definition) is 7. The topological polar surface area (TPSA) is 145 Å². The van der Waals surface area contributed by atoms with E-state index in [1.165, 1.54) is 23.8 Å². The third-order valence-corrected chi connectivity index (χ3v) is 5.45. The number of anilines is 2. The van der Waals surface area contributed by atoms with Crippen molar-refractivity contribution < 1.29 is 9.53 Å². The Bertz CT molecular complexity index is 1540. The monoisotopic (exact) mass is 488 g/mol. The number of nitrogens with zero attached hydrogens (tertiary/aromatic N) is 4. The summed E-state index contributed by atoms with van der Waals surface area (Å²) >= 11 is 0. The average Bonchev–Trinajstić information content (AvgIpc) is 2.89. The maximum absolute atomic E-state index is 13.6. The van der Waals surface area contributed by atoms with Crippen molar-refractivity contribution in [3.05, 3.63) is 115 Å². The first-order chi connectivity index (χ1) is 17.4.